The summed E-state index contributed by atoms with van der Waals surface area (Å²) in [5, 5.41) is 9.43. The zero-order chi connectivity index (χ0) is 15.9. The molecule has 0 saturated heterocycles. The Kier molecular flexibility index (Phi) is 6.84. The summed E-state index contributed by atoms with van der Waals surface area (Å²) in [7, 11) is -1.63. The topological polar surface area (TPSA) is 51.6 Å². The maximum absolute atomic E-state index is 9.17. The fourth-order valence-corrected chi connectivity index (χ4v) is 2.69. The Hall–Kier alpha value is -0.913. The Morgan fingerprint density at radius 3 is 2.48 bits per heavy atom. The van der Waals surface area contributed by atoms with Crippen molar-refractivity contribution in [1.29, 1.82) is 0 Å². The van der Waals surface area contributed by atoms with Crippen LogP contribution < -0.4 is 4.74 Å². The number of aliphatic hydroxyl groups excluding tert-OH is 1. The lowest BCUT2D eigenvalue weighted by atomic mass is 10.2. The number of hydrogen-bond acceptors (Lipinski definition) is 4. The summed E-state index contributed by atoms with van der Waals surface area (Å²) >= 11 is 0. The molecule has 0 bridgehead atoms. The Bertz CT molecular complexity index is 430. The third kappa shape index (κ3) is 5.77. The average molecular weight is 311 g/mol. The maximum Gasteiger partial charge on any atom is 0.191 e. The summed E-state index contributed by atoms with van der Waals surface area (Å²) in [5.74, 6) is 0.672. The fraction of sp³-hybridized carbons (Fsp3) is 0.688. The molecule has 0 aromatic carbocycles. The monoisotopic (exact) mass is 311 g/mol. The van der Waals surface area contributed by atoms with Gasteiger partial charge in [0.1, 0.15) is 11.4 Å². The van der Waals surface area contributed by atoms with Gasteiger partial charge < -0.3 is 14.3 Å². The van der Waals surface area contributed by atoms with Crippen molar-refractivity contribution in [2.75, 3.05) is 13.2 Å². The van der Waals surface area contributed by atoms with E-state index in [0.717, 1.165) is 19.4 Å². The van der Waals surface area contributed by atoms with Crippen molar-refractivity contribution in [2.45, 2.75) is 58.4 Å². The molecule has 1 N–H and O–H groups in total. The Morgan fingerprint density at radius 1 is 1.19 bits per heavy atom. The standard InChI is InChI=1S/C16H29NO3Si/c1-16(2,3)21(4,5)20-12-7-6-11-19-15-9-8-10-17-14(15)13-18/h8-10,18H,6-7,11-13H2,1-5H3. The van der Waals surface area contributed by atoms with Gasteiger partial charge in [0.15, 0.2) is 8.32 Å². The first-order valence-corrected chi connectivity index (χ1v) is 10.5. The van der Waals surface area contributed by atoms with E-state index >= 15 is 0 Å². The Balaban J connectivity index is 2.24. The maximum atomic E-state index is 9.17. The van der Waals surface area contributed by atoms with Crippen molar-refractivity contribution >= 4 is 8.32 Å². The van der Waals surface area contributed by atoms with Gasteiger partial charge in [0.05, 0.1) is 13.2 Å². The van der Waals surface area contributed by atoms with E-state index in [1.807, 2.05) is 12.1 Å². The largest absolute Gasteiger partial charge is 0.492 e. The van der Waals surface area contributed by atoms with Gasteiger partial charge in [-0.2, -0.15) is 0 Å². The second-order valence-corrected chi connectivity index (χ2v) is 11.6. The van der Waals surface area contributed by atoms with Crippen molar-refractivity contribution in [3.8, 4) is 5.75 Å². The summed E-state index contributed by atoms with van der Waals surface area (Å²) in [6, 6.07) is 3.65. The van der Waals surface area contributed by atoms with E-state index in [1.165, 1.54) is 0 Å². The summed E-state index contributed by atoms with van der Waals surface area (Å²) < 4.78 is 11.8. The lowest BCUT2D eigenvalue weighted by Gasteiger charge is -2.36. The number of rotatable bonds is 8. The van der Waals surface area contributed by atoms with Gasteiger partial charge in [-0.15, -0.1) is 0 Å². The van der Waals surface area contributed by atoms with Gasteiger partial charge in [-0.05, 0) is 43.1 Å². The molecule has 0 radical (unpaired) electrons. The second kappa shape index (κ2) is 7.92. The van der Waals surface area contributed by atoms with E-state index in [9.17, 15) is 0 Å². The SMILES string of the molecule is CC(C)(C)[Si](C)(C)OCCCCOc1cccnc1CO. The van der Waals surface area contributed by atoms with Crippen LogP contribution in [0.1, 0.15) is 39.3 Å². The molecule has 0 aliphatic rings. The summed E-state index contributed by atoms with van der Waals surface area (Å²) in [6.45, 7) is 12.6. The molecule has 1 heterocycles. The molecule has 0 saturated carbocycles. The molecular formula is C16H29NO3Si. The van der Waals surface area contributed by atoms with Crippen molar-refractivity contribution < 1.29 is 14.3 Å². The molecule has 120 valence electrons. The first kappa shape index (κ1) is 18.1. The van der Waals surface area contributed by atoms with Crippen LogP contribution in [-0.4, -0.2) is 31.6 Å². The zero-order valence-electron chi connectivity index (χ0n) is 14.0. The molecule has 5 heteroatoms. The van der Waals surface area contributed by atoms with Crippen LogP contribution in [-0.2, 0) is 11.0 Å². The molecule has 0 spiro atoms. The van der Waals surface area contributed by atoms with Crippen LogP contribution in [0.3, 0.4) is 0 Å². The quantitative estimate of drug-likeness (QED) is 0.587. The normalized spacial score (nSPS) is 12.5. The van der Waals surface area contributed by atoms with Crippen LogP contribution >= 0.6 is 0 Å². The molecule has 0 amide bonds. The lowest BCUT2D eigenvalue weighted by Crippen LogP contribution is -2.41. The molecular weight excluding hydrogens is 282 g/mol. The van der Waals surface area contributed by atoms with E-state index in [1.54, 1.807) is 6.20 Å². The van der Waals surface area contributed by atoms with Gasteiger partial charge in [-0.1, -0.05) is 20.8 Å². The van der Waals surface area contributed by atoms with E-state index in [2.05, 4.69) is 38.8 Å². The highest BCUT2D eigenvalue weighted by Crippen LogP contribution is 2.36. The van der Waals surface area contributed by atoms with Gasteiger partial charge in [-0.3, -0.25) is 4.98 Å². The van der Waals surface area contributed by atoms with E-state index < -0.39 is 8.32 Å². The van der Waals surface area contributed by atoms with Crippen LogP contribution in [0.15, 0.2) is 18.3 Å². The van der Waals surface area contributed by atoms with Crippen LogP contribution in [0.4, 0.5) is 0 Å². The minimum Gasteiger partial charge on any atom is -0.492 e. The molecule has 1 aromatic heterocycles. The number of aliphatic hydroxyl groups is 1. The number of pyridine rings is 1. The number of nitrogens with zero attached hydrogens (tertiary/aromatic N) is 1. The van der Waals surface area contributed by atoms with Gasteiger partial charge >= 0.3 is 0 Å². The predicted octanol–water partition coefficient (Wildman–Crippen LogP) is 3.75. The van der Waals surface area contributed by atoms with Crippen LogP contribution in [0.2, 0.25) is 18.1 Å². The molecule has 4 nitrogen and oxygen atoms in total. The highest BCUT2D eigenvalue weighted by Gasteiger charge is 2.36. The summed E-state index contributed by atoms with van der Waals surface area (Å²) in [6.07, 6.45) is 3.58. The lowest BCUT2D eigenvalue weighted by molar-refractivity contribution is 0.239. The molecule has 1 rings (SSSR count). The first-order valence-electron chi connectivity index (χ1n) is 7.59. The average Bonchev–Trinajstić information content (AvgIpc) is 2.41. The van der Waals surface area contributed by atoms with Gasteiger partial charge in [0, 0.05) is 12.8 Å². The van der Waals surface area contributed by atoms with Crippen LogP contribution in [0.25, 0.3) is 0 Å². The molecule has 0 unspecified atom stereocenters. The van der Waals surface area contributed by atoms with E-state index in [0.29, 0.717) is 18.1 Å². The molecule has 21 heavy (non-hydrogen) atoms. The minimum atomic E-state index is -1.63. The van der Waals surface area contributed by atoms with E-state index in [4.69, 9.17) is 14.3 Å². The van der Waals surface area contributed by atoms with Crippen LogP contribution in [0.5, 0.6) is 5.75 Å². The predicted molar refractivity (Wildman–Crippen MR) is 88.0 cm³/mol. The van der Waals surface area contributed by atoms with Gasteiger partial charge in [-0.25, -0.2) is 0 Å². The second-order valence-electron chi connectivity index (χ2n) is 6.77. The molecule has 1 aromatic rings. The number of hydrogen-bond donors (Lipinski definition) is 1. The third-order valence-corrected chi connectivity index (χ3v) is 8.60. The van der Waals surface area contributed by atoms with E-state index in [-0.39, 0.29) is 11.6 Å². The fourth-order valence-electron chi connectivity index (χ4n) is 1.60. The molecule has 0 atom stereocenters. The zero-order valence-corrected chi connectivity index (χ0v) is 15.0. The molecule has 0 fully saturated rings. The summed E-state index contributed by atoms with van der Waals surface area (Å²) in [4.78, 5) is 4.08. The minimum absolute atomic E-state index is 0.0926. The highest BCUT2D eigenvalue weighted by atomic mass is 28.4. The molecule has 0 aliphatic heterocycles. The highest BCUT2D eigenvalue weighted by molar-refractivity contribution is 6.74. The third-order valence-electron chi connectivity index (χ3n) is 4.06. The Morgan fingerprint density at radius 2 is 1.86 bits per heavy atom. The van der Waals surface area contributed by atoms with Crippen LogP contribution in [0, 0.1) is 0 Å². The van der Waals surface area contributed by atoms with Gasteiger partial charge in [0.25, 0.3) is 0 Å². The number of ether oxygens (including phenoxy) is 1. The van der Waals surface area contributed by atoms with Gasteiger partial charge in [0.2, 0.25) is 0 Å². The Labute approximate surface area is 129 Å². The van der Waals surface area contributed by atoms with Crippen molar-refractivity contribution in [2.24, 2.45) is 0 Å². The molecule has 0 aliphatic carbocycles. The van der Waals surface area contributed by atoms with Crippen molar-refractivity contribution in [3.63, 3.8) is 0 Å². The van der Waals surface area contributed by atoms with Crippen molar-refractivity contribution in [3.05, 3.63) is 24.0 Å². The smallest absolute Gasteiger partial charge is 0.191 e. The first-order chi connectivity index (χ1) is 9.78. The number of aromatic nitrogens is 1. The van der Waals surface area contributed by atoms with Crippen molar-refractivity contribution in [1.82, 2.24) is 4.98 Å². The number of unbranched alkanes of at least 4 members (excludes halogenated alkanes) is 1. The summed E-state index contributed by atoms with van der Waals surface area (Å²) in [5.41, 5.74) is 0.593.